The predicted octanol–water partition coefficient (Wildman–Crippen LogP) is 4.46. The fraction of sp³-hybridized carbons (Fsp3) is 0.250. The first-order valence-electron chi connectivity index (χ1n) is 6.52. The number of nitrogens with one attached hydrogen (secondary N) is 1. The minimum atomic E-state index is -0.530. The number of rotatable bonds is 5. The Bertz CT molecular complexity index is 549. The zero-order valence-corrected chi connectivity index (χ0v) is 13.3. The van der Waals surface area contributed by atoms with Gasteiger partial charge in [-0.05, 0) is 70.9 Å². The van der Waals surface area contributed by atoms with Crippen molar-refractivity contribution in [2.24, 2.45) is 0 Å². The fourth-order valence-corrected chi connectivity index (χ4v) is 2.57. The highest BCUT2D eigenvalue weighted by molar-refractivity contribution is 14.1. The zero-order chi connectivity index (χ0) is 14.5. The highest BCUT2D eigenvalue weighted by Crippen LogP contribution is 2.21. The van der Waals surface area contributed by atoms with Gasteiger partial charge in [-0.15, -0.1) is 0 Å². The van der Waals surface area contributed by atoms with Gasteiger partial charge in [-0.2, -0.15) is 0 Å². The Morgan fingerprint density at radius 3 is 2.20 bits per heavy atom. The van der Waals surface area contributed by atoms with Gasteiger partial charge in [0.1, 0.15) is 11.6 Å². The summed E-state index contributed by atoms with van der Waals surface area (Å²) in [5.74, 6) is -1.06. The topological polar surface area (TPSA) is 12.0 Å². The van der Waals surface area contributed by atoms with Crippen LogP contribution in [-0.2, 0) is 6.42 Å². The molecule has 2 aromatic rings. The third-order valence-electron chi connectivity index (χ3n) is 3.09. The summed E-state index contributed by atoms with van der Waals surface area (Å²) in [6.07, 6.45) is 0.559. The van der Waals surface area contributed by atoms with Gasteiger partial charge in [-0.1, -0.05) is 19.1 Å². The molecule has 2 rings (SSSR count). The SMILES string of the molecule is CCNC(Cc1cc(F)cc(F)c1)c1ccc(I)cc1. The Labute approximate surface area is 131 Å². The molecule has 0 heterocycles. The summed E-state index contributed by atoms with van der Waals surface area (Å²) in [6.45, 7) is 2.82. The summed E-state index contributed by atoms with van der Waals surface area (Å²) in [4.78, 5) is 0. The quantitative estimate of drug-likeness (QED) is 0.747. The third kappa shape index (κ3) is 4.24. The van der Waals surface area contributed by atoms with Crippen LogP contribution in [0.5, 0.6) is 0 Å². The molecule has 1 unspecified atom stereocenters. The second-order valence-electron chi connectivity index (χ2n) is 4.64. The first-order chi connectivity index (χ1) is 9.58. The van der Waals surface area contributed by atoms with Gasteiger partial charge < -0.3 is 5.32 Å². The Morgan fingerprint density at radius 2 is 1.65 bits per heavy atom. The van der Waals surface area contributed by atoms with Crippen LogP contribution >= 0.6 is 22.6 Å². The Kier molecular flexibility index (Phi) is 5.48. The lowest BCUT2D eigenvalue weighted by Crippen LogP contribution is -2.23. The van der Waals surface area contributed by atoms with Gasteiger partial charge in [0.2, 0.25) is 0 Å². The number of halogens is 3. The van der Waals surface area contributed by atoms with Crippen LogP contribution in [0.1, 0.15) is 24.1 Å². The van der Waals surface area contributed by atoms with Crippen LogP contribution in [0.15, 0.2) is 42.5 Å². The lowest BCUT2D eigenvalue weighted by molar-refractivity contribution is 0.539. The molecule has 0 aliphatic carbocycles. The molecule has 0 aliphatic rings. The maximum Gasteiger partial charge on any atom is 0.126 e. The second kappa shape index (κ2) is 7.13. The number of likely N-dealkylation sites (N-methyl/N-ethyl adjacent to an activating group) is 1. The molecular formula is C16H16F2IN. The molecule has 2 aromatic carbocycles. The van der Waals surface area contributed by atoms with E-state index in [4.69, 9.17) is 0 Å². The van der Waals surface area contributed by atoms with Crippen molar-refractivity contribution in [2.45, 2.75) is 19.4 Å². The standard InChI is InChI=1S/C16H16F2IN/c1-2-20-16(12-3-5-15(19)6-4-12)9-11-7-13(17)10-14(18)8-11/h3-8,10,16,20H,2,9H2,1H3. The van der Waals surface area contributed by atoms with Crippen LogP contribution < -0.4 is 5.32 Å². The third-order valence-corrected chi connectivity index (χ3v) is 3.80. The van der Waals surface area contributed by atoms with Crippen molar-refractivity contribution in [1.29, 1.82) is 0 Å². The van der Waals surface area contributed by atoms with Crippen LogP contribution in [0.4, 0.5) is 8.78 Å². The monoisotopic (exact) mass is 387 g/mol. The average molecular weight is 387 g/mol. The molecule has 0 radical (unpaired) electrons. The van der Waals surface area contributed by atoms with Crippen LogP contribution in [0.3, 0.4) is 0 Å². The molecule has 0 aliphatic heterocycles. The van der Waals surface area contributed by atoms with Crippen LogP contribution in [0.2, 0.25) is 0 Å². The van der Waals surface area contributed by atoms with Crippen molar-refractivity contribution < 1.29 is 8.78 Å². The van der Waals surface area contributed by atoms with Gasteiger partial charge in [-0.3, -0.25) is 0 Å². The van der Waals surface area contributed by atoms with Crippen molar-refractivity contribution in [3.63, 3.8) is 0 Å². The van der Waals surface area contributed by atoms with E-state index in [1.807, 2.05) is 31.2 Å². The molecule has 20 heavy (non-hydrogen) atoms. The summed E-state index contributed by atoms with van der Waals surface area (Å²) < 4.78 is 27.7. The molecule has 0 saturated heterocycles. The van der Waals surface area contributed by atoms with E-state index in [1.165, 1.54) is 15.7 Å². The van der Waals surface area contributed by atoms with E-state index in [2.05, 4.69) is 27.9 Å². The fourth-order valence-electron chi connectivity index (χ4n) is 2.21. The van der Waals surface area contributed by atoms with Crippen molar-refractivity contribution in [3.8, 4) is 0 Å². The van der Waals surface area contributed by atoms with Gasteiger partial charge in [0.05, 0.1) is 0 Å². The van der Waals surface area contributed by atoms with Crippen molar-refractivity contribution in [2.75, 3.05) is 6.54 Å². The second-order valence-corrected chi connectivity index (χ2v) is 5.89. The molecule has 106 valence electrons. The Balaban J connectivity index is 2.22. The maximum absolute atomic E-state index is 13.3. The molecule has 1 nitrogen and oxygen atoms in total. The molecule has 1 N–H and O–H groups in total. The lowest BCUT2D eigenvalue weighted by atomic mass is 9.98. The molecule has 0 saturated carbocycles. The molecule has 0 aromatic heterocycles. The number of hydrogen-bond acceptors (Lipinski definition) is 1. The van der Waals surface area contributed by atoms with Crippen molar-refractivity contribution in [1.82, 2.24) is 5.32 Å². The van der Waals surface area contributed by atoms with E-state index in [0.717, 1.165) is 18.2 Å². The normalized spacial score (nSPS) is 12.4. The lowest BCUT2D eigenvalue weighted by Gasteiger charge is -2.19. The van der Waals surface area contributed by atoms with Gasteiger partial charge >= 0.3 is 0 Å². The largest absolute Gasteiger partial charge is 0.310 e. The van der Waals surface area contributed by atoms with E-state index in [-0.39, 0.29) is 6.04 Å². The first-order valence-corrected chi connectivity index (χ1v) is 7.60. The van der Waals surface area contributed by atoms with Gasteiger partial charge in [0.25, 0.3) is 0 Å². The van der Waals surface area contributed by atoms with E-state index in [1.54, 1.807) is 0 Å². The van der Waals surface area contributed by atoms with Crippen molar-refractivity contribution in [3.05, 3.63) is 68.8 Å². The highest BCUT2D eigenvalue weighted by atomic mass is 127. The van der Waals surface area contributed by atoms with Gasteiger partial charge in [0.15, 0.2) is 0 Å². The van der Waals surface area contributed by atoms with E-state index in [9.17, 15) is 8.78 Å². The molecular weight excluding hydrogens is 371 g/mol. The first kappa shape index (κ1) is 15.4. The molecule has 0 spiro atoms. The Hall–Kier alpha value is -1.01. The molecule has 1 atom stereocenters. The summed E-state index contributed by atoms with van der Waals surface area (Å²) in [5, 5.41) is 3.36. The van der Waals surface area contributed by atoms with Crippen LogP contribution in [-0.4, -0.2) is 6.54 Å². The zero-order valence-electron chi connectivity index (χ0n) is 11.2. The molecule has 0 bridgehead atoms. The minimum absolute atomic E-state index is 0.0539. The molecule has 4 heteroatoms. The summed E-state index contributed by atoms with van der Waals surface area (Å²) >= 11 is 2.25. The summed E-state index contributed by atoms with van der Waals surface area (Å²) in [5.41, 5.74) is 1.78. The Morgan fingerprint density at radius 1 is 1.05 bits per heavy atom. The summed E-state index contributed by atoms with van der Waals surface area (Å²) in [6, 6.07) is 11.9. The van der Waals surface area contributed by atoms with E-state index in [0.29, 0.717) is 12.0 Å². The summed E-state index contributed by atoms with van der Waals surface area (Å²) in [7, 11) is 0. The smallest absolute Gasteiger partial charge is 0.126 e. The van der Waals surface area contributed by atoms with E-state index >= 15 is 0 Å². The number of benzene rings is 2. The van der Waals surface area contributed by atoms with E-state index < -0.39 is 11.6 Å². The molecule has 0 fully saturated rings. The van der Waals surface area contributed by atoms with Gasteiger partial charge in [0, 0.05) is 15.7 Å². The average Bonchev–Trinajstić information content (AvgIpc) is 2.38. The number of hydrogen-bond donors (Lipinski definition) is 1. The van der Waals surface area contributed by atoms with Crippen molar-refractivity contribution >= 4 is 22.6 Å². The minimum Gasteiger partial charge on any atom is -0.310 e. The van der Waals surface area contributed by atoms with Crippen LogP contribution in [0.25, 0.3) is 0 Å². The highest BCUT2D eigenvalue weighted by Gasteiger charge is 2.12. The van der Waals surface area contributed by atoms with Gasteiger partial charge in [-0.25, -0.2) is 8.78 Å². The van der Waals surface area contributed by atoms with Crippen LogP contribution in [0, 0.1) is 15.2 Å². The molecule has 0 amide bonds. The predicted molar refractivity (Wildman–Crippen MR) is 85.6 cm³/mol. The maximum atomic E-state index is 13.3.